The summed E-state index contributed by atoms with van der Waals surface area (Å²) in [6.07, 6.45) is 4.10. The van der Waals surface area contributed by atoms with Gasteiger partial charge in [-0.05, 0) is 38.6 Å². The predicted molar refractivity (Wildman–Crippen MR) is 63.0 cm³/mol. The molecule has 0 unspecified atom stereocenters. The molecule has 0 spiro atoms. The summed E-state index contributed by atoms with van der Waals surface area (Å²) in [5.74, 6) is 0. The van der Waals surface area contributed by atoms with Crippen molar-refractivity contribution < 1.29 is 21.2 Å². The van der Waals surface area contributed by atoms with Crippen LogP contribution in [0.2, 0.25) is 0 Å². The largest absolute Gasteiger partial charge is 0.357 e. The van der Waals surface area contributed by atoms with Crippen LogP contribution in [0.25, 0.3) is 0 Å². The summed E-state index contributed by atoms with van der Waals surface area (Å²) in [5.41, 5.74) is 2.38. The Labute approximate surface area is 103 Å². The number of hydrogen-bond donors (Lipinski definition) is 0. The van der Waals surface area contributed by atoms with Gasteiger partial charge in [-0.2, -0.15) is 0 Å². The molecule has 1 heteroatoms. The van der Waals surface area contributed by atoms with Crippen LogP contribution in [0.15, 0.2) is 58.7 Å². The second kappa shape index (κ2) is 5.91. The Morgan fingerprint density at radius 3 is 2.27 bits per heavy atom. The molecule has 1 aromatic carbocycles. The minimum Gasteiger partial charge on any atom is -0.0961 e. The van der Waals surface area contributed by atoms with E-state index in [0.29, 0.717) is 0 Å². The lowest BCUT2D eigenvalue weighted by Gasteiger charge is -1.88. The molecule has 1 rings (SSSR count). The van der Waals surface area contributed by atoms with Crippen LogP contribution in [-0.2, 0) is 0 Å². The topological polar surface area (TPSA) is 0 Å². The molecule has 0 saturated heterocycles. The zero-order valence-corrected chi connectivity index (χ0v) is 11.4. The fraction of sp³-hybridized carbons (Fsp3) is 0.143. The highest BCUT2D eigenvalue weighted by Crippen LogP contribution is 1.94. The summed E-state index contributed by atoms with van der Waals surface area (Å²) in [4.78, 5) is 0. The maximum atomic E-state index is 4.07. The first kappa shape index (κ1) is 12.2. The first-order valence-corrected chi connectivity index (χ1v) is 6.97. The van der Waals surface area contributed by atoms with Gasteiger partial charge in [0.05, 0.1) is 0 Å². The molecule has 0 saturated carbocycles. The molecule has 0 nitrogen and oxygen atoms in total. The van der Waals surface area contributed by atoms with Crippen molar-refractivity contribution in [2.24, 2.45) is 0 Å². The fourth-order valence-corrected chi connectivity index (χ4v) is 2.88. The van der Waals surface area contributed by atoms with Gasteiger partial charge in [-0.15, -0.1) is 0 Å². The van der Waals surface area contributed by atoms with E-state index < -0.39 is 0 Å². The van der Waals surface area contributed by atoms with Crippen LogP contribution >= 0.6 is 0 Å². The highest BCUT2D eigenvalue weighted by molar-refractivity contribution is 5.19. The van der Waals surface area contributed by atoms with Crippen LogP contribution in [0.5, 0.6) is 0 Å². The van der Waals surface area contributed by atoms with Crippen molar-refractivity contribution in [1.82, 2.24) is 0 Å². The van der Waals surface area contributed by atoms with Crippen molar-refractivity contribution in [2.75, 3.05) is 0 Å². The summed E-state index contributed by atoms with van der Waals surface area (Å²) in [6, 6.07) is 8.71. The number of aryl methyl sites for hydroxylation is 1. The van der Waals surface area contributed by atoms with Crippen LogP contribution in [0.3, 0.4) is 0 Å². The number of benzene rings is 1. The maximum Gasteiger partial charge on any atom is 0.357 e. The van der Waals surface area contributed by atoms with Gasteiger partial charge < -0.3 is 0 Å². The van der Waals surface area contributed by atoms with Crippen LogP contribution < -0.4 is 21.2 Å². The van der Waals surface area contributed by atoms with E-state index >= 15 is 0 Å². The number of rotatable bonds is 4. The first-order chi connectivity index (χ1) is 7.08. The molecule has 1 aromatic rings. The molecule has 0 aliphatic heterocycles. The van der Waals surface area contributed by atoms with E-state index in [1.54, 1.807) is 0 Å². The van der Waals surface area contributed by atoms with Crippen LogP contribution in [-0.4, -0.2) is 0 Å². The van der Waals surface area contributed by atoms with Crippen molar-refractivity contribution in [3.63, 3.8) is 0 Å². The van der Waals surface area contributed by atoms with Gasteiger partial charge in [0, 0.05) is 0 Å². The number of allylic oxidation sites excluding steroid dienone is 4. The average Bonchev–Trinajstić information content (AvgIpc) is 2.19. The van der Waals surface area contributed by atoms with Gasteiger partial charge in [-0.3, -0.25) is 0 Å². The third kappa shape index (κ3) is 4.98. The first-order valence-electron chi connectivity index (χ1n) is 4.82. The molecule has 0 bridgehead atoms. The summed E-state index contributed by atoms with van der Waals surface area (Å²) in [6.45, 7) is 12.0. The van der Waals surface area contributed by atoms with Crippen molar-refractivity contribution >= 4 is 0 Å². The Hall–Kier alpha value is -0.830. The second-order valence-corrected chi connectivity index (χ2v) is 6.69. The second-order valence-electron chi connectivity index (χ2n) is 3.52. The molecular formula is C14H16I+. The lowest BCUT2D eigenvalue weighted by molar-refractivity contribution is -0.571. The molecule has 0 atom stereocenters. The SMILES string of the molecule is C=C(C)/C=C\C(=C)[I+]c1ccc(C)cc1. The van der Waals surface area contributed by atoms with Crippen molar-refractivity contribution in [2.45, 2.75) is 13.8 Å². The molecule has 15 heavy (non-hydrogen) atoms. The molecule has 0 aliphatic carbocycles. The lowest BCUT2D eigenvalue weighted by atomic mass is 10.2. The molecule has 0 heterocycles. The zero-order chi connectivity index (χ0) is 11.3. The number of halogens is 1. The quantitative estimate of drug-likeness (QED) is 0.573. The molecule has 0 aromatic heterocycles. The monoisotopic (exact) mass is 311 g/mol. The Morgan fingerprint density at radius 1 is 1.13 bits per heavy atom. The van der Waals surface area contributed by atoms with E-state index in [0.717, 1.165) is 5.57 Å². The van der Waals surface area contributed by atoms with E-state index in [9.17, 15) is 0 Å². The Balaban J connectivity index is 2.59. The molecule has 0 N–H and O–H groups in total. The van der Waals surface area contributed by atoms with E-state index in [4.69, 9.17) is 0 Å². The van der Waals surface area contributed by atoms with Crippen LogP contribution in [0.1, 0.15) is 12.5 Å². The van der Waals surface area contributed by atoms with Crippen molar-refractivity contribution in [1.29, 1.82) is 0 Å². The van der Waals surface area contributed by atoms with E-state index in [2.05, 4.69) is 50.4 Å². The molecule has 0 aliphatic rings. The highest BCUT2D eigenvalue weighted by Gasteiger charge is 2.13. The van der Waals surface area contributed by atoms with Gasteiger partial charge in [0.1, 0.15) is 0 Å². The van der Waals surface area contributed by atoms with Gasteiger partial charge in [-0.1, -0.05) is 35.9 Å². The minimum absolute atomic E-state index is 0.103. The van der Waals surface area contributed by atoms with Crippen molar-refractivity contribution in [3.8, 4) is 0 Å². The van der Waals surface area contributed by atoms with Crippen molar-refractivity contribution in [3.05, 3.63) is 67.9 Å². The summed E-state index contributed by atoms with van der Waals surface area (Å²) >= 11 is -0.103. The van der Waals surface area contributed by atoms with Gasteiger partial charge in [0.2, 0.25) is 0 Å². The van der Waals surface area contributed by atoms with Gasteiger partial charge in [-0.25, -0.2) is 0 Å². The molecule has 0 fully saturated rings. The maximum absolute atomic E-state index is 4.07. The van der Waals surface area contributed by atoms with Crippen LogP contribution in [0.4, 0.5) is 0 Å². The van der Waals surface area contributed by atoms with E-state index in [1.165, 1.54) is 12.7 Å². The summed E-state index contributed by atoms with van der Waals surface area (Å²) < 4.78 is 2.64. The fourth-order valence-electron chi connectivity index (χ4n) is 1.00. The highest BCUT2D eigenvalue weighted by atomic mass is 127. The predicted octanol–water partition coefficient (Wildman–Crippen LogP) is 0.900. The molecule has 78 valence electrons. The van der Waals surface area contributed by atoms with Crippen LogP contribution in [0, 0.1) is 10.5 Å². The Morgan fingerprint density at radius 2 is 1.73 bits per heavy atom. The normalized spacial score (nSPS) is 10.5. The molecular weight excluding hydrogens is 295 g/mol. The van der Waals surface area contributed by atoms with Gasteiger partial charge in [0.15, 0.2) is 7.15 Å². The minimum atomic E-state index is -0.103. The van der Waals surface area contributed by atoms with E-state index in [-0.39, 0.29) is 21.2 Å². The summed E-state index contributed by atoms with van der Waals surface area (Å²) in [5, 5.41) is 0. The zero-order valence-electron chi connectivity index (χ0n) is 9.26. The van der Waals surface area contributed by atoms with E-state index in [1.807, 2.05) is 13.0 Å². The smallest absolute Gasteiger partial charge is 0.0961 e. The number of hydrogen-bond acceptors (Lipinski definition) is 0. The molecule has 0 amide bonds. The Kier molecular flexibility index (Phi) is 4.82. The third-order valence-corrected chi connectivity index (χ3v) is 4.18. The summed E-state index contributed by atoms with van der Waals surface area (Å²) in [7, 11) is 0. The standard InChI is InChI=1S/C14H16I/c1-11(2)5-8-13(4)15-14-9-6-12(3)7-10-14/h5-10H,1,4H2,2-3H3/q+1/b8-5-. The van der Waals surface area contributed by atoms with Gasteiger partial charge in [0.25, 0.3) is 0 Å². The average molecular weight is 311 g/mol. The third-order valence-electron chi connectivity index (χ3n) is 1.79. The molecule has 0 radical (unpaired) electrons. The lowest BCUT2D eigenvalue weighted by Crippen LogP contribution is -3.60. The van der Waals surface area contributed by atoms with Gasteiger partial charge >= 0.3 is 21.2 Å². The Bertz CT molecular complexity index is 382.